The lowest BCUT2D eigenvalue weighted by atomic mass is 10.1. The Morgan fingerprint density at radius 2 is 2.11 bits per heavy atom. The van der Waals surface area contributed by atoms with Crippen molar-refractivity contribution in [1.29, 1.82) is 0 Å². The van der Waals surface area contributed by atoms with E-state index in [2.05, 4.69) is 41.1 Å². The van der Waals surface area contributed by atoms with Gasteiger partial charge in [0.25, 0.3) is 0 Å². The third-order valence-corrected chi connectivity index (χ3v) is 5.32. The third-order valence-electron chi connectivity index (χ3n) is 5.32. The number of amides is 1. The highest BCUT2D eigenvalue weighted by atomic mass is 16.5. The quantitative estimate of drug-likeness (QED) is 0.601. The number of carbonyl (C=O) groups is 1. The van der Waals surface area contributed by atoms with E-state index in [1.807, 2.05) is 0 Å². The summed E-state index contributed by atoms with van der Waals surface area (Å²) in [6.07, 6.45) is 9.56. The molecule has 1 aliphatic heterocycles. The van der Waals surface area contributed by atoms with Crippen molar-refractivity contribution in [3.05, 3.63) is 30.1 Å². The molecule has 2 aromatic rings. The average molecular weight is 372 g/mol. The monoisotopic (exact) mass is 371 g/mol. The first-order valence-electron chi connectivity index (χ1n) is 10.6. The third kappa shape index (κ3) is 5.55. The predicted molar refractivity (Wildman–Crippen MR) is 109 cm³/mol. The Bertz CT molecular complexity index is 719. The van der Waals surface area contributed by atoms with Crippen LogP contribution in [0.5, 0.6) is 0 Å². The van der Waals surface area contributed by atoms with Crippen LogP contribution >= 0.6 is 0 Å². The topological polar surface area (TPSA) is 56.2 Å². The molecule has 148 valence electrons. The molecule has 3 rings (SSSR count). The van der Waals surface area contributed by atoms with E-state index < -0.39 is 0 Å². The van der Waals surface area contributed by atoms with Crippen molar-refractivity contribution in [2.75, 3.05) is 13.2 Å². The van der Waals surface area contributed by atoms with Crippen LogP contribution in [0.2, 0.25) is 0 Å². The Morgan fingerprint density at radius 1 is 1.22 bits per heavy atom. The molecule has 0 bridgehead atoms. The van der Waals surface area contributed by atoms with Gasteiger partial charge >= 0.3 is 0 Å². The molecule has 1 fully saturated rings. The zero-order valence-corrected chi connectivity index (χ0v) is 16.6. The minimum atomic E-state index is -0.215. The number of carbonyl (C=O) groups excluding carboxylic acids is 1. The van der Waals surface area contributed by atoms with E-state index in [9.17, 15) is 4.79 Å². The fourth-order valence-corrected chi connectivity index (χ4v) is 3.78. The number of fused-ring (bicyclic) bond motifs is 1. The molecule has 1 aliphatic rings. The van der Waals surface area contributed by atoms with Crippen molar-refractivity contribution in [3.8, 4) is 0 Å². The highest BCUT2D eigenvalue weighted by Gasteiger charge is 2.22. The van der Waals surface area contributed by atoms with Crippen molar-refractivity contribution >= 4 is 16.9 Å². The maximum absolute atomic E-state index is 11.9. The van der Waals surface area contributed by atoms with Crippen molar-refractivity contribution in [3.63, 3.8) is 0 Å². The van der Waals surface area contributed by atoms with Crippen LogP contribution in [0.3, 0.4) is 0 Å². The minimum absolute atomic E-state index is 0.0604. The zero-order valence-electron chi connectivity index (χ0n) is 16.6. The molecule has 1 N–H and O–H groups in total. The first-order chi connectivity index (χ1) is 13.3. The Labute approximate surface area is 162 Å². The SMILES string of the molecule is CCCCCn1c(CCCCCNC(=O)C2CCCO2)nc2ccccc21. The molecule has 2 heterocycles. The van der Waals surface area contributed by atoms with Crippen LogP contribution in [0.1, 0.15) is 64.1 Å². The minimum Gasteiger partial charge on any atom is -0.368 e. The number of aromatic nitrogens is 2. The van der Waals surface area contributed by atoms with Gasteiger partial charge in [0.1, 0.15) is 11.9 Å². The fraction of sp³-hybridized carbons (Fsp3) is 0.636. The number of unbranched alkanes of at least 4 members (excludes halogenated alkanes) is 4. The van der Waals surface area contributed by atoms with Gasteiger partial charge in [-0.1, -0.05) is 38.3 Å². The highest BCUT2D eigenvalue weighted by molar-refractivity contribution is 5.80. The van der Waals surface area contributed by atoms with E-state index in [0.29, 0.717) is 0 Å². The summed E-state index contributed by atoms with van der Waals surface area (Å²) in [5, 5.41) is 3.01. The summed E-state index contributed by atoms with van der Waals surface area (Å²) in [6.45, 7) is 4.76. The van der Waals surface area contributed by atoms with Crippen LogP contribution in [0.15, 0.2) is 24.3 Å². The normalized spacial score (nSPS) is 16.9. The number of benzene rings is 1. The molecule has 5 nitrogen and oxygen atoms in total. The number of imidazole rings is 1. The highest BCUT2D eigenvalue weighted by Crippen LogP contribution is 2.19. The summed E-state index contributed by atoms with van der Waals surface area (Å²) in [7, 11) is 0. The van der Waals surface area contributed by atoms with E-state index in [0.717, 1.165) is 63.7 Å². The summed E-state index contributed by atoms with van der Waals surface area (Å²) >= 11 is 0. The Morgan fingerprint density at radius 3 is 2.93 bits per heavy atom. The molecule has 1 aromatic carbocycles. The molecular formula is C22H33N3O2. The number of ether oxygens (including phenoxy) is 1. The number of nitrogens with zero attached hydrogens (tertiary/aromatic N) is 2. The fourth-order valence-electron chi connectivity index (χ4n) is 3.78. The van der Waals surface area contributed by atoms with E-state index >= 15 is 0 Å². The molecule has 1 amide bonds. The second-order valence-corrected chi connectivity index (χ2v) is 7.48. The summed E-state index contributed by atoms with van der Waals surface area (Å²) in [5.74, 6) is 1.26. The van der Waals surface area contributed by atoms with Gasteiger partial charge in [0.15, 0.2) is 0 Å². The van der Waals surface area contributed by atoms with Gasteiger partial charge in [0, 0.05) is 26.1 Å². The Balaban J connectivity index is 1.43. The largest absolute Gasteiger partial charge is 0.368 e. The molecule has 27 heavy (non-hydrogen) atoms. The van der Waals surface area contributed by atoms with Gasteiger partial charge in [-0.3, -0.25) is 4.79 Å². The maximum atomic E-state index is 11.9. The molecule has 1 atom stereocenters. The molecule has 0 radical (unpaired) electrons. The van der Waals surface area contributed by atoms with Gasteiger partial charge in [0.2, 0.25) is 5.91 Å². The molecule has 5 heteroatoms. The lowest BCUT2D eigenvalue weighted by Gasteiger charge is -2.11. The summed E-state index contributed by atoms with van der Waals surface area (Å²) < 4.78 is 7.82. The molecule has 0 saturated carbocycles. The molecule has 1 saturated heterocycles. The van der Waals surface area contributed by atoms with Gasteiger partial charge in [-0.05, 0) is 44.2 Å². The Hall–Kier alpha value is -1.88. The van der Waals surface area contributed by atoms with E-state index in [-0.39, 0.29) is 12.0 Å². The predicted octanol–water partition coefficient (Wildman–Crippen LogP) is 4.23. The second kappa shape index (κ2) is 10.5. The molecule has 0 aliphatic carbocycles. The van der Waals surface area contributed by atoms with Crippen LogP contribution in [-0.4, -0.2) is 34.7 Å². The summed E-state index contributed by atoms with van der Waals surface area (Å²) in [6, 6.07) is 8.45. The van der Waals surface area contributed by atoms with Crippen molar-refractivity contribution in [2.45, 2.75) is 77.4 Å². The van der Waals surface area contributed by atoms with Crippen LogP contribution in [0.4, 0.5) is 0 Å². The lowest BCUT2D eigenvalue weighted by Crippen LogP contribution is -2.34. The molecule has 0 spiro atoms. The molecule has 1 aromatic heterocycles. The van der Waals surface area contributed by atoms with Crippen molar-refractivity contribution in [2.24, 2.45) is 0 Å². The first kappa shape index (κ1) is 19.9. The van der Waals surface area contributed by atoms with Crippen molar-refractivity contribution < 1.29 is 9.53 Å². The number of aryl methyl sites for hydroxylation is 2. The summed E-state index contributed by atoms with van der Waals surface area (Å²) in [5.41, 5.74) is 2.36. The summed E-state index contributed by atoms with van der Waals surface area (Å²) in [4.78, 5) is 16.8. The van der Waals surface area contributed by atoms with Crippen LogP contribution in [0, 0.1) is 0 Å². The number of rotatable bonds is 11. The zero-order chi connectivity index (χ0) is 18.9. The van der Waals surface area contributed by atoms with Crippen molar-refractivity contribution in [1.82, 2.24) is 14.9 Å². The smallest absolute Gasteiger partial charge is 0.249 e. The lowest BCUT2D eigenvalue weighted by molar-refractivity contribution is -0.130. The van der Waals surface area contributed by atoms with Gasteiger partial charge in [-0.15, -0.1) is 0 Å². The van der Waals surface area contributed by atoms with E-state index in [1.54, 1.807) is 0 Å². The number of nitrogens with one attached hydrogen (secondary N) is 1. The number of hydrogen-bond acceptors (Lipinski definition) is 3. The van der Waals surface area contributed by atoms with Gasteiger partial charge in [-0.2, -0.15) is 0 Å². The second-order valence-electron chi connectivity index (χ2n) is 7.48. The molecular weight excluding hydrogens is 338 g/mol. The number of hydrogen-bond donors (Lipinski definition) is 1. The van der Waals surface area contributed by atoms with Gasteiger partial charge in [0.05, 0.1) is 11.0 Å². The molecule has 1 unspecified atom stereocenters. The first-order valence-corrected chi connectivity index (χ1v) is 10.6. The van der Waals surface area contributed by atoms with E-state index in [4.69, 9.17) is 9.72 Å². The van der Waals surface area contributed by atoms with Crippen LogP contribution < -0.4 is 5.32 Å². The van der Waals surface area contributed by atoms with Gasteiger partial charge < -0.3 is 14.6 Å². The van der Waals surface area contributed by atoms with Gasteiger partial charge in [-0.25, -0.2) is 4.98 Å². The average Bonchev–Trinajstić information content (AvgIpc) is 3.33. The van der Waals surface area contributed by atoms with E-state index in [1.165, 1.54) is 30.6 Å². The maximum Gasteiger partial charge on any atom is 0.249 e. The number of para-hydroxylation sites is 2. The Kier molecular flexibility index (Phi) is 7.69. The van der Waals surface area contributed by atoms with Crippen LogP contribution in [-0.2, 0) is 22.5 Å². The van der Waals surface area contributed by atoms with Crippen LogP contribution in [0.25, 0.3) is 11.0 Å². The standard InChI is InChI=1S/C22H33N3O2/c1-2-3-9-16-25-19-12-7-6-11-18(19)24-21(25)14-5-4-8-15-23-22(26)20-13-10-17-27-20/h6-7,11-12,20H,2-5,8-10,13-17H2,1H3,(H,23,26).